The molecule has 2 aromatic carbocycles. The van der Waals surface area contributed by atoms with E-state index in [0.717, 1.165) is 13.1 Å². The van der Waals surface area contributed by atoms with E-state index in [1.807, 2.05) is 7.05 Å². The summed E-state index contributed by atoms with van der Waals surface area (Å²) in [5, 5.41) is 6.12. The van der Waals surface area contributed by atoms with Gasteiger partial charge in [0.25, 0.3) is 5.91 Å². The maximum Gasteiger partial charge on any atom is 0.321 e. The maximum absolute atomic E-state index is 13.9. The number of carbonyl (C=O) groups excluding carboxylic acids is 2. The first-order chi connectivity index (χ1) is 13.8. The summed E-state index contributed by atoms with van der Waals surface area (Å²) in [6.07, 6.45) is 0. The van der Waals surface area contributed by atoms with Crippen LogP contribution in [0.1, 0.15) is 27.5 Å². The van der Waals surface area contributed by atoms with Crippen molar-refractivity contribution in [3.63, 3.8) is 0 Å². The molecular weight excluding hydrogens is 463 g/mol. The Balaban J connectivity index is 1.71. The van der Waals surface area contributed by atoms with Gasteiger partial charge >= 0.3 is 6.03 Å². The second-order valence-electron chi connectivity index (χ2n) is 7.21. The Morgan fingerprint density at radius 3 is 2.69 bits per heavy atom. The first kappa shape index (κ1) is 20.1. The van der Waals surface area contributed by atoms with Crippen LogP contribution in [0.25, 0.3) is 0 Å². The van der Waals surface area contributed by atoms with Crippen molar-refractivity contribution in [2.45, 2.75) is 6.04 Å². The van der Waals surface area contributed by atoms with Crippen LogP contribution in [0.3, 0.4) is 0 Å². The highest BCUT2D eigenvalue weighted by Gasteiger charge is 2.35. The number of likely N-dealkylation sites (N-methyl/N-ethyl adjacent to an activating group) is 1. The van der Waals surface area contributed by atoms with E-state index in [4.69, 9.17) is 11.6 Å². The minimum Gasteiger partial charge on any atom is -0.341 e. The summed E-state index contributed by atoms with van der Waals surface area (Å²) in [4.78, 5) is 29.3. The smallest absolute Gasteiger partial charge is 0.321 e. The average molecular weight is 482 g/mol. The predicted octanol–water partition coefficient (Wildman–Crippen LogP) is 3.85. The zero-order chi connectivity index (χ0) is 20.7. The lowest BCUT2D eigenvalue weighted by atomic mass is 9.96. The van der Waals surface area contributed by atoms with Crippen molar-refractivity contribution >= 4 is 45.2 Å². The van der Waals surface area contributed by atoms with Gasteiger partial charge in [0.05, 0.1) is 6.04 Å². The van der Waals surface area contributed by atoms with Crippen LogP contribution in [-0.2, 0) is 0 Å². The van der Waals surface area contributed by atoms with E-state index in [-0.39, 0.29) is 11.9 Å². The van der Waals surface area contributed by atoms with Crippen LogP contribution in [0.4, 0.5) is 14.9 Å². The summed E-state index contributed by atoms with van der Waals surface area (Å²) in [6, 6.07) is 6.56. The fourth-order valence-electron chi connectivity index (χ4n) is 3.67. The van der Waals surface area contributed by atoms with Crippen molar-refractivity contribution in [1.82, 2.24) is 15.1 Å². The van der Waals surface area contributed by atoms with Gasteiger partial charge in [-0.3, -0.25) is 4.79 Å². The number of amides is 3. The van der Waals surface area contributed by atoms with Crippen molar-refractivity contribution in [3.8, 4) is 0 Å². The lowest BCUT2D eigenvalue weighted by molar-refractivity contribution is 0.0960. The Kier molecular flexibility index (Phi) is 5.50. The van der Waals surface area contributed by atoms with Crippen LogP contribution in [0.15, 0.2) is 34.8 Å². The van der Waals surface area contributed by atoms with Crippen LogP contribution in [0, 0.1) is 5.82 Å². The number of rotatable bonds is 2. The van der Waals surface area contributed by atoms with E-state index in [0.29, 0.717) is 45.0 Å². The molecular formula is C20H19BrClFN4O2. The predicted molar refractivity (Wildman–Crippen MR) is 113 cm³/mol. The molecule has 0 unspecified atom stereocenters. The first-order valence-electron chi connectivity index (χ1n) is 9.17. The minimum atomic E-state index is -0.656. The van der Waals surface area contributed by atoms with Crippen LogP contribution in [-0.4, -0.2) is 55.0 Å². The number of urea groups is 1. The second-order valence-corrected chi connectivity index (χ2v) is 8.53. The van der Waals surface area contributed by atoms with Crippen LogP contribution >= 0.6 is 27.5 Å². The average Bonchev–Trinajstić information content (AvgIpc) is 3.00. The standard InChI is InChI=1S/C20H19BrClFN4O2/c1-26-4-6-27(7-5-26)20(29)24-16-9-11(21)8-14-17(16)18(25-19(14)28)13-10-12(23)2-3-15(13)22/h2-3,8-10,18H,4-7H2,1H3,(H,24,29)(H,25,28)/t18-/m1/s1. The Morgan fingerprint density at radius 1 is 1.24 bits per heavy atom. The monoisotopic (exact) mass is 480 g/mol. The number of piperazine rings is 1. The molecule has 2 N–H and O–H groups in total. The molecule has 1 fully saturated rings. The molecule has 6 nitrogen and oxygen atoms in total. The lowest BCUT2D eigenvalue weighted by Gasteiger charge is -2.32. The van der Waals surface area contributed by atoms with Crippen molar-refractivity contribution in [1.29, 1.82) is 0 Å². The van der Waals surface area contributed by atoms with Gasteiger partial charge in [0.15, 0.2) is 0 Å². The topological polar surface area (TPSA) is 64.7 Å². The number of nitrogens with one attached hydrogen (secondary N) is 2. The molecule has 2 aliphatic rings. The van der Waals surface area contributed by atoms with Gasteiger partial charge in [-0.05, 0) is 37.4 Å². The molecule has 2 aromatic rings. The van der Waals surface area contributed by atoms with E-state index in [2.05, 4.69) is 31.5 Å². The van der Waals surface area contributed by atoms with Crippen LogP contribution < -0.4 is 10.6 Å². The van der Waals surface area contributed by atoms with E-state index >= 15 is 0 Å². The Labute approximate surface area is 181 Å². The van der Waals surface area contributed by atoms with Gasteiger partial charge in [-0.25, -0.2) is 9.18 Å². The highest BCUT2D eigenvalue weighted by atomic mass is 79.9. The minimum absolute atomic E-state index is 0.234. The van der Waals surface area contributed by atoms with E-state index in [1.165, 1.54) is 18.2 Å². The summed E-state index contributed by atoms with van der Waals surface area (Å²) in [7, 11) is 2.01. The zero-order valence-electron chi connectivity index (χ0n) is 15.6. The molecule has 0 radical (unpaired) electrons. The lowest BCUT2D eigenvalue weighted by Crippen LogP contribution is -2.48. The maximum atomic E-state index is 13.9. The third-order valence-corrected chi connectivity index (χ3v) is 6.06. The molecule has 0 aromatic heterocycles. The molecule has 0 aliphatic carbocycles. The van der Waals surface area contributed by atoms with E-state index in [1.54, 1.807) is 17.0 Å². The van der Waals surface area contributed by atoms with Gasteiger partial charge < -0.3 is 20.4 Å². The Hall–Kier alpha value is -2.16. The summed E-state index contributed by atoms with van der Waals surface area (Å²) in [5.74, 6) is -0.756. The van der Waals surface area contributed by atoms with Gasteiger partial charge in [0.1, 0.15) is 5.82 Å². The fraction of sp³-hybridized carbons (Fsp3) is 0.300. The van der Waals surface area contributed by atoms with Gasteiger partial charge in [-0.15, -0.1) is 0 Å². The van der Waals surface area contributed by atoms with Gasteiger partial charge in [0.2, 0.25) is 0 Å². The Morgan fingerprint density at radius 2 is 1.97 bits per heavy atom. The quantitative estimate of drug-likeness (QED) is 0.685. The van der Waals surface area contributed by atoms with Crippen molar-refractivity contribution in [2.75, 3.05) is 38.5 Å². The van der Waals surface area contributed by atoms with Crippen LogP contribution in [0.5, 0.6) is 0 Å². The normalized spacial score (nSPS) is 19.1. The SMILES string of the molecule is CN1CCN(C(=O)Nc2cc(Br)cc3c2[C@@H](c2cc(F)ccc2Cl)NC3=O)CC1. The molecule has 2 heterocycles. The van der Waals surface area contributed by atoms with Crippen molar-refractivity contribution < 1.29 is 14.0 Å². The summed E-state index contributed by atoms with van der Waals surface area (Å²) < 4.78 is 14.5. The molecule has 1 atom stereocenters. The number of benzene rings is 2. The number of anilines is 1. The molecule has 2 aliphatic heterocycles. The van der Waals surface area contributed by atoms with Crippen molar-refractivity contribution in [2.24, 2.45) is 0 Å². The molecule has 4 rings (SSSR count). The summed E-state index contributed by atoms with van der Waals surface area (Å²) in [5.41, 5.74) is 1.92. The van der Waals surface area contributed by atoms with Crippen LogP contribution in [0.2, 0.25) is 5.02 Å². The number of carbonyl (C=O) groups is 2. The number of hydrogen-bond acceptors (Lipinski definition) is 3. The van der Waals surface area contributed by atoms with Crippen molar-refractivity contribution in [3.05, 3.63) is 62.3 Å². The highest BCUT2D eigenvalue weighted by molar-refractivity contribution is 9.10. The molecule has 29 heavy (non-hydrogen) atoms. The van der Waals surface area contributed by atoms with E-state index in [9.17, 15) is 14.0 Å². The summed E-state index contributed by atoms with van der Waals surface area (Å²) in [6.45, 7) is 2.83. The molecule has 1 saturated heterocycles. The van der Waals surface area contributed by atoms with E-state index < -0.39 is 11.9 Å². The number of nitrogens with zero attached hydrogens (tertiary/aromatic N) is 2. The van der Waals surface area contributed by atoms with Gasteiger partial charge in [0, 0.05) is 58.1 Å². The third kappa shape index (κ3) is 3.97. The largest absolute Gasteiger partial charge is 0.341 e. The Bertz CT molecular complexity index is 995. The van der Waals surface area contributed by atoms with Gasteiger partial charge in [-0.2, -0.15) is 0 Å². The molecule has 152 valence electrons. The van der Waals surface area contributed by atoms with Gasteiger partial charge in [-0.1, -0.05) is 27.5 Å². The first-order valence-corrected chi connectivity index (χ1v) is 10.3. The molecule has 0 spiro atoms. The third-order valence-electron chi connectivity index (χ3n) is 5.25. The number of fused-ring (bicyclic) bond motifs is 1. The number of halogens is 3. The molecule has 0 bridgehead atoms. The molecule has 9 heteroatoms. The fourth-order valence-corrected chi connectivity index (χ4v) is 4.36. The zero-order valence-corrected chi connectivity index (χ0v) is 18.0. The number of hydrogen-bond donors (Lipinski definition) is 2. The molecule has 3 amide bonds. The summed E-state index contributed by atoms with van der Waals surface area (Å²) >= 11 is 9.69. The second kappa shape index (κ2) is 7.93. The highest BCUT2D eigenvalue weighted by Crippen LogP contribution is 2.40. The molecule has 0 saturated carbocycles.